The molecule has 0 saturated carbocycles. The van der Waals surface area contributed by atoms with Gasteiger partial charge in [0, 0.05) is 37.4 Å². The van der Waals surface area contributed by atoms with Gasteiger partial charge >= 0.3 is 0 Å². The average molecular weight is 479 g/mol. The summed E-state index contributed by atoms with van der Waals surface area (Å²) in [6.07, 6.45) is 2.46. The monoisotopic (exact) mass is 478 g/mol. The third kappa shape index (κ3) is 5.78. The molecule has 0 aromatic heterocycles. The van der Waals surface area contributed by atoms with Gasteiger partial charge in [-0.3, -0.25) is 4.79 Å². The number of nitrogens with one attached hydrogen (secondary N) is 3. The second-order valence-corrected chi connectivity index (χ2v) is 8.93. The lowest BCUT2D eigenvalue weighted by molar-refractivity contribution is -0.127. The molecule has 2 aliphatic rings. The number of hydrazine groups is 1. The fraction of sp³-hybridized carbons (Fsp3) is 0.435. The van der Waals surface area contributed by atoms with Gasteiger partial charge in [-0.05, 0) is 43.5 Å². The summed E-state index contributed by atoms with van der Waals surface area (Å²) >= 11 is 12.6. The summed E-state index contributed by atoms with van der Waals surface area (Å²) < 4.78 is 10.7. The van der Waals surface area contributed by atoms with Crippen LogP contribution in [0.25, 0.3) is 0 Å². The van der Waals surface area contributed by atoms with E-state index in [2.05, 4.69) is 21.1 Å². The van der Waals surface area contributed by atoms with Crippen molar-refractivity contribution >= 4 is 46.2 Å². The molecular formula is C23H28Cl2N4O3. The number of ether oxygens (including phenoxy) is 2. The molecule has 2 aromatic carbocycles. The molecule has 4 rings (SSSR count). The van der Waals surface area contributed by atoms with Crippen molar-refractivity contribution in [1.29, 1.82) is 0 Å². The fourth-order valence-electron chi connectivity index (χ4n) is 3.99. The summed E-state index contributed by atoms with van der Waals surface area (Å²) in [4.78, 5) is 12.6. The number of benzene rings is 2. The lowest BCUT2D eigenvalue weighted by Gasteiger charge is -2.33. The first-order valence-corrected chi connectivity index (χ1v) is 11.6. The first-order valence-electron chi connectivity index (χ1n) is 10.8. The fourth-order valence-corrected chi connectivity index (χ4v) is 4.32. The van der Waals surface area contributed by atoms with E-state index in [1.54, 1.807) is 13.2 Å². The van der Waals surface area contributed by atoms with E-state index < -0.39 is 0 Å². The number of hydrogen-bond donors (Lipinski definition) is 3. The van der Waals surface area contributed by atoms with E-state index in [4.69, 9.17) is 32.7 Å². The summed E-state index contributed by atoms with van der Waals surface area (Å²) in [5.41, 5.74) is 5.93. The van der Waals surface area contributed by atoms with Crippen LogP contribution in [0.4, 0.5) is 17.1 Å². The van der Waals surface area contributed by atoms with Gasteiger partial charge in [-0.2, -0.15) is 0 Å². The maximum atomic E-state index is 12.6. The largest absolute Gasteiger partial charge is 0.497 e. The number of rotatable bonds is 7. The number of carbonyl (C=O) groups excluding carboxylic acids is 1. The molecule has 1 amide bonds. The Kier molecular flexibility index (Phi) is 7.63. The topological polar surface area (TPSA) is 74.9 Å². The summed E-state index contributed by atoms with van der Waals surface area (Å²) in [5, 5.41) is 9.55. The Bertz CT molecular complexity index is 945. The molecule has 0 radical (unpaired) electrons. The molecule has 2 fully saturated rings. The lowest BCUT2D eigenvalue weighted by Crippen LogP contribution is -2.45. The van der Waals surface area contributed by atoms with Crippen LogP contribution >= 0.6 is 23.2 Å². The summed E-state index contributed by atoms with van der Waals surface area (Å²) in [6.45, 7) is 2.84. The smallest absolute Gasteiger partial charge is 0.223 e. The number of hydrogen-bond acceptors (Lipinski definition) is 6. The first kappa shape index (κ1) is 23.0. The molecule has 2 aromatic rings. The summed E-state index contributed by atoms with van der Waals surface area (Å²) in [6, 6.07) is 11.4. The van der Waals surface area contributed by atoms with Crippen LogP contribution in [0.5, 0.6) is 5.75 Å². The van der Waals surface area contributed by atoms with Crippen LogP contribution in [-0.4, -0.2) is 50.4 Å². The maximum Gasteiger partial charge on any atom is 0.223 e. The van der Waals surface area contributed by atoms with Crippen molar-refractivity contribution in [2.24, 2.45) is 5.92 Å². The molecule has 2 aliphatic heterocycles. The number of methoxy groups -OCH3 is 1. The Morgan fingerprint density at radius 2 is 1.84 bits per heavy atom. The third-order valence-corrected chi connectivity index (χ3v) is 6.55. The second kappa shape index (κ2) is 10.6. The van der Waals surface area contributed by atoms with E-state index in [0.29, 0.717) is 16.7 Å². The number of piperidine rings is 1. The standard InChI is InChI=1S/C23H28Cl2N4O3/c1-31-18-4-2-3-16(11-18)26-21-12-19(24)20(25)13-22(21)28-29-8-5-15(6-9-29)23(30)27-17-7-10-32-14-17/h2-4,11-13,15,17,26,28H,5-10,14H2,1H3,(H,27,30). The van der Waals surface area contributed by atoms with Gasteiger partial charge in [0.15, 0.2) is 0 Å². The number of nitrogens with zero attached hydrogens (tertiary/aromatic N) is 1. The van der Waals surface area contributed by atoms with Crippen LogP contribution < -0.4 is 20.8 Å². The predicted molar refractivity (Wildman–Crippen MR) is 128 cm³/mol. The molecule has 1 unspecified atom stereocenters. The van der Waals surface area contributed by atoms with Crippen LogP contribution in [0.2, 0.25) is 10.0 Å². The average Bonchev–Trinajstić information content (AvgIpc) is 3.31. The predicted octanol–water partition coefficient (Wildman–Crippen LogP) is 4.69. The zero-order valence-corrected chi connectivity index (χ0v) is 19.5. The molecule has 1 atom stereocenters. The zero-order valence-electron chi connectivity index (χ0n) is 18.0. The second-order valence-electron chi connectivity index (χ2n) is 8.11. The molecule has 0 spiro atoms. The Morgan fingerprint density at radius 3 is 2.53 bits per heavy atom. The number of carbonyl (C=O) groups is 1. The Morgan fingerprint density at radius 1 is 1.09 bits per heavy atom. The van der Waals surface area contributed by atoms with E-state index in [1.807, 2.05) is 30.3 Å². The van der Waals surface area contributed by atoms with E-state index in [9.17, 15) is 4.79 Å². The highest BCUT2D eigenvalue weighted by atomic mass is 35.5. The number of amides is 1. The van der Waals surface area contributed by atoms with Crippen LogP contribution in [0.15, 0.2) is 36.4 Å². The van der Waals surface area contributed by atoms with Gasteiger partial charge in [0.1, 0.15) is 5.75 Å². The maximum absolute atomic E-state index is 12.6. The van der Waals surface area contributed by atoms with Crippen molar-refractivity contribution in [2.45, 2.75) is 25.3 Å². The molecule has 2 saturated heterocycles. The lowest BCUT2D eigenvalue weighted by atomic mass is 9.96. The first-order chi connectivity index (χ1) is 15.5. The van der Waals surface area contributed by atoms with Gasteiger partial charge in [-0.15, -0.1) is 0 Å². The van der Waals surface area contributed by atoms with Crippen LogP contribution in [0, 0.1) is 5.92 Å². The quantitative estimate of drug-likeness (QED) is 0.535. The van der Waals surface area contributed by atoms with Gasteiger partial charge in [0.2, 0.25) is 5.91 Å². The Labute approximate surface area is 198 Å². The van der Waals surface area contributed by atoms with Crippen molar-refractivity contribution < 1.29 is 14.3 Å². The third-order valence-electron chi connectivity index (χ3n) is 5.83. The highest BCUT2D eigenvalue weighted by molar-refractivity contribution is 6.42. The van der Waals surface area contributed by atoms with Crippen molar-refractivity contribution in [3.05, 3.63) is 46.4 Å². The van der Waals surface area contributed by atoms with E-state index in [-0.39, 0.29) is 17.9 Å². The molecule has 2 heterocycles. The van der Waals surface area contributed by atoms with Gasteiger partial charge in [-0.1, -0.05) is 29.3 Å². The highest BCUT2D eigenvalue weighted by Gasteiger charge is 2.28. The van der Waals surface area contributed by atoms with Crippen LogP contribution in [0.1, 0.15) is 19.3 Å². The molecule has 32 heavy (non-hydrogen) atoms. The SMILES string of the molecule is COc1cccc(Nc2cc(Cl)c(Cl)cc2NN2CCC(C(=O)NC3CCOC3)CC2)c1. The van der Waals surface area contributed by atoms with Crippen molar-refractivity contribution in [2.75, 3.05) is 44.2 Å². The van der Waals surface area contributed by atoms with Crippen LogP contribution in [-0.2, 0) is 9.53 Å². The molecule has 0 bridgehead atoms. The number of anilines is 3. The van der Waals surface area contributed by atoms with Crippen molar-refractivity contribution in [3.8, 4) is 5.75 Å². The minimum atomic E-state index is 0.0248. The van der Waals surface area contributed by atoms with Gasteiger partial charge in [0.25, 0.3) is 0 Å². The van der Waals surface area contributed by atoms with E-state index in [0.717, 1.165) is 61.8 Å². The van der Waals surface area contributed by atoms with Gasteiger partial charge in [-0.25, -0.2) is 5.01 Å². The van der Waals surface area contributed by atoms with Crippen molar-refractivity contribution in [3.63, 3.8) is 0 Å². The van der Waals surface area contributed by atoms with Gasteiger partial charge in [0.05, 0.1) is 41.2 Å². The normalized spacial score (nSPS) is 19.5. The molecular weight excluding hydrogens is 451 g/mol. The van der Waals surface area contributed by atoms with E-state index in [1.165, 1.54) is 0 Å². The summed E-state index contributed by atoms with van der Waals surface area (Å²) in [5.74, 6) is 0.918. The minimum absolute atomic E-state index is 0.0248. The molecule has 7 nitrogen and oxygen atoms in total. The summed E-state index contributed by atoms with van der Waals surface area (Å²) in [7, 11) is 1.64. The van der Waals surface area contributed by atoms with Crippen LogP contribution in [0.3, 0.4) is 0 Å². The molecule has 0 aliphatic carbocycles. The molecule has 172 valence electrons. The Balaban J connectivity index is 1.39. The van der Waals surface area contributed by atoms with Crippen molar-refractivity contribution in [1.82, 2.24) is 10.3 Å². The number of halogens is 2. The minimum Gasteiger partial charge on any atom is -0.497 e. The zero-order chi connectivity index (χ0) is 22.5. The highest BCUT2D eigenvalue weighted by Crippen LogP contribution is 2.35. The molecule has 3 N–H and O–H groups in total. The van der Waals surface area contributed by atoms with Gasteiger partial charge < -0.3 is 25.5 Å². The van der Waals surface area contributed by atoms with E-state index >= 15 is 0 Å². The Hall–Kier alpha value is -2.19. The molecule has 9 heteroatoms.